The molecular formula is C15H17ClN2O3. The van der Waals surface area contributed by atoms with Gasteiger partial charge in [-0.15, -0.1) is 0 Å². The molecule has 0 saturated heterocycles. The minimum atomic E-state index is -0.120. The third kappa shape index (κ3) is 5.13. The van der Waals surface area contributed by atoms with Crippen LogP contribution in [0.5, 0.6) is 0 Å². The Balaban J connectivity index is 1.66. The van der Waals surface area contributed by atoms with Crippen LogP contribution in [0.15, 0.2) is 41.0 Å². The molecule has 1 aromatic carbocycles. The number of amides is 1. The number of rotatable bonds is 7. The second-order valence-corrected chi connectivity index (χ2v) is 4.95. The lowest BCUT2D eigenvalue weighted by atomic mass is 10.2. The molecule has 0 saturated carbocycles. The summed E-state index contributed by atoms with van der Waals surface area (Å²) in [6.45, 7) is 0.898. The molecular weight excluding hydrogens is 292 g/mol. The molecule has 0 aliphatic heterocycles. The van der Waals surface area contributed by atoms with Crippen LogP contribution < -0.4 is 11.1 Å². The zero-order chi connectivity index (χ0) is 15.1. The second kappa shape index (κ2) is 7.71. The van der Waals surface area contributed by atoms with Gasteiger partial charge in [-0.25, -0.2) is 0 Å². The number of nitrogens with one attached hydrogen (secondary N) is 1. The number of furan rings is 1. The summed E-state index contributed by atoms with van der Waals surface area (Å²) in [7, 11) is 0. The van der Waals surface area contributed by atoms with Crippen molar-refractivity contribution < 1.29 is 13.9 Å². The Morgan fingerprint density at radius 2 is 2.24 bits per heavy atom. The highest BCUT2D eigenvalue weighted by atomic mass is 35.5. The minimum absolute atomic E-state index is 0.120. The van der Waals surface area contributed by atoms with Gasteiger partial charge < -0.3 is 20.2 Å². The Morgan fingerprint density at radius 3 is 3.00 bits per heavy atom. The van der Waals surface area contributed by atoms with Crippen molar-refractivity contribution in [3.05, 3.63) is 47.4 Å². The van der Waals surface area contributed by atoms with E-state index in [9.17, 15) is 4.79 Å². The molecule has 0 unspecified atom stereocenters. The van der Waals surface area contributed by atoms with Gasteiger partial charge in [0.05, 0.1) is 17.6 Å². The van der Waals surface area contributed by atoms with Crippen LogP contribution in [0, 0.1) is 0 Å². The van der Waals surface area contributed by atoms with Crippen LogP contribution in [0.2, 0.25) is 5.02 Å². The zero-order valence-corrected chi connectivity index (χ0v) is 12.2. The van der Waals surface area contributed by atoms with Crippen molar-refractivity contribution in [2.75, 3.05) is 17.7 Å². The fourth-order valence-corrected chi connectivity index (χ4v) is 1.92. The molecule has 2 rings (SSSR count). The average Bonchev–Trinajstić information content (AvgIpc) is 2.96. The zero-order valence-electron chi connectivity index (χ0n) is 11.5. The number of carbonyl (C=O) groups excluding carboxylic acids is 1. The summed E-state index contributed by atoms with van der Waals surface area (Å²) in [5.41, 5.74) is 6.78. The number of ether oxygens (including phenoxy) is 1. The van der Waals surface area contributed by atoms with Crippen molar-refractivity contribution in [2.24, 2.45) is 0 Å². The van der Waals surface area contributed by atoms with Crippen molar-refractivity contribution in [1.82, 2.24) is 0 Å². The molecule has 0 fully saturated rings. The van der Waals surface area contributed by atoms with Crippen LogP contribution in [0.4, 0.5) is 11.4 Å². The maximum absolute atomic E-state index is 11.8. The van der Waals surface area contributed by atoms with Gasteiger partial charge in [0.25, 0.3) is 0 Å². The number of halogens is 1. The maximum Gasteiger partial charge on any atom is 0.224 e. The number of anilines is 2. The Bertz CT molecular complexity index is 585. The van der Waals surface area contributed by atoms with Crippen LogP contribution in [0.3, 0.4) is 0 Å². The number of hydrogen-bond donors (Lipinski definition) is 2. The SMILES string of the molecule is Nc1ccc(Cl)cc1NC(=O)CCCOCc1ccco1. The highest BCUT2D eigenvalue weighted by Gasteiger charge is 2.06. The Kier molecular flexibility index (Phi) is 5.66. The molecule has 1 heterocycles. The molecule has 0 aliphatic rings. The number of carbonyl (C=O) groups is 1. The van der Waals surface area contributed by atoms with Crippen LogP contribution in [-0.4, -0.2) is 12.5 Å². The highest BCUT2D eigenvalue weighted by molar-refractivity contribution is 6.31. The topological polar surface area (TPSA) is 77.5 Å². The fraction of sp³-hybridized carbons (Fsp3) is 0.267. The van der Waals surface area contributed by atoms with E-state index >= 15 is 0 Å². The van der Waals surface area contributed by atoms with Gasteiger partial charge in [0.15, 0.2) is 0 Å². The Morgan fingerprint density at radius 1 is 1.38 bits per heavy atom. The molecule has 2 aromatic rings. The quantitative estimate of drug-likeness (QED) is 0.606. The molecule has 0 atom stereocenters. The fourth-order valence-electron chi connectivity index (χ4n) is 1.75. The van der Waals surface area contributed by atoms with Gasteiger partial charge in [0, 0.05) is 18.1 Å². The van der Waals surface area contributed by atoms with E-state index in [1.807, 2.05) is 12.1 Å². The first kappa shape index (κ1) is 15.4. The summed E-state index contributed by atoms with van der Waals surface area (Å²) in [5.74, 6) is 0.650. The number of nitrogens with two attached hydrogens (primary N) is 1. The van der Waals surface area contributed by atoms with Crippen molar-refractivity contribution in [3.63, 3.8) is 0 Å². The lowest BCUT2D eigenvalue weighted by Crippen LogP contribution is -2.13. The van der Waals surface area contributed by atoms with Crippen LogP contribution in [-0.2, 0) is 16.1 Å². The minimum Gasteiger partial charge on any atom is -0.467 e. The van der Waals surface area contributed by atoms with Gasteiger partial charge in [-0.2, -0.15) is 0 Å². The number of benzene rings is 1. The molecule has 6 heteroatoms. The van der Waals surface area contributed by atoms with Gasteiger partial charge in [-0.1, -0.05) is 11.6 Å². The van der Waals surface area contributed by atoms with E-state index in [2.05, 4.69) is 5.32 Å². The molecule has 0 spiro atoms. The predicted octanol–water partition coefficient (Wildman–Crippen LogP) is 3.45. The first-order chi connectivity index (χ1) is 10.1. The smallest absolute Gasteiger partial charge is 0.224 e. The Hall–Kier alpha value is -1.98. The van der Waals surface area contributed by atoms with Gasteiger partial charge in [-0.3, -0.25) is 4.79 Å². The van der Waals surface area contributed by atoms with Crippen LogP contribution in [0.25, 0.3) is 0 Å². The predicted molar refractivity (Wildman–Crippen MR) is 82.1 cm³/mol. The van der Waals surface area contributed by atoms with Crippen molar-refractivity contribution in [2.45, 2.75) is 19.4 Å². The summed E-state index contributed by atoms with van der Waals surface area (Å²) >= 11 is 5.86. The lowest BCUT2D eigenvalue weighted by molar-refractivity contribution is -0.116. The second-order valence-electron chi connectivity index (χ2n) is 4.52. The van der Waals surface area contributed by atoms with E-state index in [0.717, 1.165) is 5.76 Å². The third-order valence-corrected chi connectivity index (χ3v) is 3.04. The molecule has 0 aliphatic carbocycles. The third-order valence-electron chi connectivity index (χ3n) is 2.81. The number of nitrogen functional groups attached to an aromatic ring is 1. The maximum atomic E-state index is 11.8. The lowest BCUT2D eigenvalue weighted by Gasteiger charge is -2.08. The van der Waals surface area contributed by atoms with Crippen molar-refractivity contribution >= 4 is 28.9 Å². The molecule has 112 valence electrons. The van der Waals surface area contributed by atoms with Gasteiger partial charge in [0.2, 0.25) is 5.91 Å². The largest absolute Gasteiger partial charge is 0.467 e. The van der Waals surface area contributed by atoms with Crippen molar-refractivity contribution in [3.8, 4) is 0 Å². The average molecular weight is 309 g/mol. The molecule has 0 radical (unpaired) electrons. The molecule has 3 N–H and O–H groups in total. The van der Waals surface area contributed by atoms with Gasteiger partial charge in [0.1, 0.15) is 12.4 Å². The van der Waals surface area contributed by atoms with Crippen LogP contribution in [0.1, 0.15) is 18.6 Å². The molecule has 1 amide bonds. The van der Waals surface area contributed by atoms with E-state index in [-0.39, 0.29) is 5.91 Å². The Labute approximate surface area is 128 Å². The van der Waals surface area contributed by atoms with Crippen LogP contribution >= 0.6 is 11.6 Å². The van der Waals surface area contributed by atoms with Gasteiger partial charge in [-0.05, 0) is 36.8 Å². The van der Waals surface area contributed by atoms with E-state index in [0.29, 0.717) is 42.5 Å². The standard InChI is InChI=1S/C15H17ClN2O3/c16-11-5-6-13(17)14(9-11)18-15(19)4-2-7-20-10-12-3-1-8-21-12/h1,3,5-6,8-9H,2,4,7,10,17H2,(H,18,19). The van der Waals surface area contributed by atoms with Gasteiger partial charge >= 0.3 is 0 Å². The van der Waals surface area contributed by atoms with E-state index in [1.54, 1.807) is 24.5 Å². The van der Waals surface area contributed by atoms with E-state index in [1.165, 1.54) is 0 Å². The summed E-state index contributed by atoms with van der Waals surface area (Å²) in [4.78, 5) is 11.8. The highest BCUT2D eigenvalue weighted by Crippen LogP contribution is 2.23. The molecule has 0 bridgehead atoms. The normalized spacial score (nSPS) is 10.5. The van der Waals surface area contributed by atoms with Crippen molar-refractivity contribution in [1.29, 1.82) is 0 Å². The first-order valence-corrected chi connectivity index (χ1v) is 6.98. The van der Waals surface area contributed by atoms with E-state index in [4.69, 9.17) is 26.5 Å². The first-order valence-electron chi connectivity index (χ1n) is 6.60. The molecule has 5 nitrogen and oxygen atoms in total. The summed E-state index contributed by atoms with van der Waals surface area (Å²) < 4.78 is 10.5. The summed E-state index contributed by atoms with van der Waals surface area (Å²) in [6, 6.07) is 8.61. The monoisotopic (exact) mass is 308 g/mol. The van der Waals surface area contributed by atoms with E-state index < -0.39 is 0 Å². The molecule has 21 heavy (non-hydrogen) atoms. The number of hydrogen-bond acceptors (Lipinski definition) is 4. The molecule has 1 aromatic heterocycles. The summed E-state index contributed by atoms with van der Waals surface area (Å²) in [5, 5.41) is 3.26. The summed E-state index contributed by atoms with van der Waals surface area (Å²) in [6.07, 6.45) is 2.57.